The summed E-state index contributed by atoms with van der Waals surface area (Å²) in [6.45, 7) is 0. The van der Waals surface area contributed by atoms with Crippen LogP contribution in [-0.2, 0) is 4.57 Å². The van der Waals surface area contributed by atoms with Gasteiger partial charge in [-0.25, -0.2) is 15.0 Å². The molecule has 4 heterocycles. The predicted octanol–water partition coefficient (Wildman–Crippen LogP) is 7.66. The van der Waals surface area contributed by atoms with Crippen LogP contribution in [0.25, 0.3) is 67.1 Å². The van der Waals surface area contributed by atoms with Crippen molar-refractivity contribution in [3.63, 3.8) is 0 Å². The number of benzene rings is 6. The number of fused-ring (bicyclic) bond motifs is 7. The molecule has 6 aromatic carbocycles. The highest BCUT2D eigenvalue weighted by Crippen LogP contribution is 2.52. The Morgan fingerprint density at radius 1 is 0.543 bits per heavy atom. The molecule has 9 aromatic rings. The molecule has 6 nitrogen and oxygen atoms in total. The molecule has 1 atom stereocenters. The van der Waals surface area contributed by atoms with Crippen LogP contribution in [0.4, 0.5) is 0 Å². The Bertz CT molecular complexity index is 2730. The summed E-state index contributed by atoms with van der Waals surface area (Å²) in [5.74, 6) is 1.51. The van der Waals surface area contributed by atoms with Gasteiger partial charge in [-0.2, -0.15) is 0 Å². The molecule has 3 aromatic heterocycles. The van der Waals surface area contributed by atoms with Gasteiger partial charge in [0.1, 0.15) is 17.3 Å². The summed E-state index contributed by atoms with van der Waals surface area (Å²) >= 11 is 0. The van der Waals surface area contributed by atoms with E-state index in [1.165, 1.54) is 0 Å². The quantitative estimate of drug-likeness (QED) is 0.193. The summed E-state index contributed by atoms with van der Waals surface area (Å²) in [5.41, 5.74) is 7.81. The second-order valence-electron chi connectivity index (χ2n) is 11.6. The van der Waals surface area contributed by atoms with Crippen LogP contribution in [0.1, 0.15) is 0 Å². The first-order valence-electron chi connectivity index (χ1n) is 15.3. The minimum absolute atomic E-state index is 0.701. The van der Waals surface area contributed by atoms with Gasteiger partial charge in [-0.3, -0.25) is 8.97 Å². The number of imidazole rings is 2. The minimum atomic E-state index is -3.46. The summed E-state index contributed by atoms with van der Waals surface area (Å²) in [4.78, 5) is 15.6. The van der Waals surface area contributed by atoms with E-state index in [0.717, 1.165) is 77.2 Å². The highest BCUT2D eigenvalue weighted by Gasteiger charge is 2.42. The number of para-hydroxylation sites is 4. The lowest BCUT2D eigenvalue weighted by atomic mass is 10.1. The summed E-state index contributed by atoms with van der Waals surface area (Å²) in [7, 11) is -3.46. The Morgan fingerprint density at radius 2 is 1.22 bits per heavy atom. The van der Waals surface area contributed by atoms with Crippen molar-refractivity contribution in [2.24, 2.45) is 0 Å². The summed E-state index contributed by atoms with van der Waals surface area (Å²) < 4.78 is 20.6. The number of rotatable bonds is 3. The second kappa shape index (κ2) is 9.33. The summed E-state index contributed by atoms with van der Waals surface area (Å²) in [6, 6.07) is 48.5. The molecule has 10 rings (SSSR count). The maximum Gasteiger partial charge on any atom is 0.175 e. The van der Waals surface area contributed by atoms with Gasteiger partial charge in [0, 0.05) is 27.1 Å². The van der Waals surface area contributed by atoms with Gasteiger partial charge < -0.3 is 4.57 Å². The summed E-state index contributed by atoms with van der Waals surface area (Å²) in [6.07, 6.45) is 0. The Kier molecular flexibility index (Phi) is 5.17. The van der Waals surface area contributed by atoms with Crippen molar-refractivity contribution in [1.29, 1.82) is 0 Å². The van der Waals surface area contributed by atoms with Crippen molar-refractivity contribution < 1.29 is 4.57 Å². The van der Waals surface area contributed by atoms with Crippen LogP contribution >= 0.6 is 7.14 Å². The van der Waals surface area contributed by atoms with E-state index in [-0.39, 0.29) is 0 Å². The highest BCUT2D eigenvalue weighted by molar-refractivity contribution is 7.86. The van der Waals surface area contributed by atoms with E-state index in [0.29, 0.717) is 5.82 Å². The first-order chi connectivity index (χ1) is 22.7. The van der Waals surface area contributed by atoms with Crippen LogP contribution in [0.15, 0.2) is 146 Å². The lowest BCUT2D eigenvalue weighted by Crippen LogP contribution is -2.34. The van der Waals surface area contributed by atoms with Gasteiger partial charge in [-0.1, -0.05) is 103 Å². The average Bonchev–Trinajstić information content (AvgIpc) is 3.71. The molecule has 0 radical (unpaired) electrons. The number of hydrogen-bond donors (Lipinski definition) is 0. The Labute approximate surface area is 263 Å². The molecule has 46 heavy (non-hydrogen) atoms. The molecule has 0 spiro atoms. The highest BCUT2D eigenvalue weighted by atomic mass is 31.2. The zero-order valence-electron chi connectivity index (χ0n) is 24.4. The van der Waals surface area contributed by atoms with Crippen molar-refractivity contribution in [3.05, 3.63) is 146 Å². The molecule has 7 heteroatoms. The first-order valence-corrected chi connectivity index (χ1v) is 17.0. The van der Waals surface area contributed by atoms with Crippen LogP contribution in [0, 0.1) is 0 Å². The SMILES string of the molecule is O=P1(c2ccccc2)c2c(-c3nc4ccccc4c4nc5ccccc5n34)cccc2-n2c(-c3ccccc3)nc3cccc1c32. The van der Waals surface area contributed by atoms with Crippen LogP contribution in [0.2, 0.25) is 0 Å². The van der Waals surface area contributed by atoms with E-state index in [4.69, 9.17) is 15.0 Å². The van der Waals surface area contributed by atoms with E-state index in [9.17, 15) is 0 Å². The maximum absolute atomic E-state index is 16.3. The average molecular weight is 610 g/mol. The monoisotopic (exact) mass is 609 g/mol. The van der Waals surface area contributed by atoms with E-state index in [1.807, 2.05) is 109 Å². The van der Waals surface area contributed by atoms with Gasteiger partial charge in [0.25, 0.3) is 0 Å². The third kappa shape index (κ3) is 3.31. The van der Waals surface area contributed by atoms with Gasteiger partial charge in [0.2, 0.25) is 0 Å². The van der Waals surface area contributed by atoms with E-state index in [2.05, 4.69) is 45.4 Å². The molecule has 1 unspecified atom stereocenters. The zero-order valence-corrected chi connectivity index (χ0v) is 25.3. The fourth-order valence-electron chi connectivity index (χ4n) is 7.15. The second-order valence-corrected chi connectivity index (χ2v) is 14.3. The summed E-state index contributed by atoms with van der Waals surface area (Å²) in [5, 5.41) is 3.26. The van der Waals surface area contributed by atoms with E-state index in [1.54, 1.807) is 0 Å². The zero-order chi connectivity index (χ0) is 30.4. The van der Waals surface area contributed by atoms with Gasteiger partial charge in [0.15, 0.2) is 7.14 Å². The molecule has 0 aliphatic carbocycles. The lowest BCUT2D eigenvalue weighted by molar-refractivity contribution is 0.592. The maximum atomic E-state index is 16.3. The minimum Gasteiger partial charge on any atom is -0.308 e. The Hall–Kier alpha value is -5.84. The topological polar surface area (TPSA) is 65.1 Å². The van der Waals surface area contributed by atoms with Crippen LogP contribution in [0.3, 0.4) is 0 Å². The van der Waals surface area contributed by atoms with Gasteiger partial charge in [-0.15, -0.1) is 0 Å². The molecule has 216 valence electrons. The number of hydrogen-bond acceptors (Lipinski definition) is 4. The van der Waals surface area contributed by atoms with Crippen LogP contribution in [-0.4, -0.2) is 23.9 Å². The molecular weight excluding hydrogens is 585 g/mol. The molecule has 0 N–H and O–H groups in total. The van der Waals surface area contributed by atoms with Gasteiger partial charge in [-0.05, 0) is 42.5 Å². The largest absolute Gasteiger partial charge is 0.308 e. The fraction of sp³-hybridized carbons (Fsp3) is 0. The third-order valence-electron chi connectivity index (χ3n) is 9.10. The third-order valence-corrected chi connectivity index (χ3v) is 12.3. The Balaban J connectivity index is 1.42. The van der Waals surface area contributed by atoms with Crippen molar-refractivity contribution in [2.75, 3.05) is 0 Å². The van der Waals surface area contributed by atoms with Crippen LogP contribution in [0.5, 0.6) is 0 Å². The molecule has 1 aliphatic rings. The molecule has 0 amide bonds. The smallest absolute Gasteiger partial charge is 0.175 e. The number of aromatic nitrogens is 5. The van der Waals surface area contributed by atoms with E-state index >= 15 is 4.57 Å². The van der Waals surface area contributed by atoms with Crippen LogP contribution < -0.4 is 15.9 Å². The molecule has 0 saturated heterocycles. The predicted molar refractivity (Wildman–Crippen MR) is 186 cm³/mol. The van der Waals surface area contributed by atoms with Gasteiger partial charge >= 0.3 is 0 Å². The standard InChI is InChI=1S/C39H24N5OP/c45-46(26-15-5-2-6-16-26)34-24-12-21-31-35(34)43(37(42-31)25-13-3-1-4-14-25)33-23-11-18-28(36(33)46)39-40-29-19-8-7-17-27(29)38-41-30-20-9-10-22-32(30)44(38)39/h1-24H. The number of nitrogens with zero attached hydrogens (tertiary/aromatic N) is 5. The van der Waals surface area contributed by atoms with Crippen molar-refractivity contribution in [3.8, 4) is 28.5 Å². The molecular formula is C39H24N5OP. The van der Waals surface area contributed by atoms with E-state index < -0.39 is 7.14 Å². The molecule has 1 aliphatic heterocycles. The Morgan fingerprint density at radius 3 is 2.07 bits per heavy atom. The molecule has 0 bridgehead atoms. The van der Waals surface area contributed by atoms with Gasteiger partial charge in [0.05, 0.1) is 38.6 Å². The normalized spacial score (nSPS) is 15.6. The first kappa shape index (κ1) is 25.5. The lowest BCUT2D eigenvalue weighted by Gasteiger charge is -2.31. The van der Waals surface area contributed by atoms with Crippen molar-refractivity contribution in [1.82, 2.24) is 23.9 Å². The van der Waals surface area contributed by atoms with Crippen molar-refractivity contribution >= 4 is 61.7 Å². The molecule has 0 fully saturated rings. The molecule has 0 saturated carbocycles. The van der Waals surface area contributed by atoms with Crippen molar-refractivity contribution in [2.45, 2.75) is 0 Å². The fourth-order valence-corrected chi connectivity index (χ4v) is 10.3.